The fourth-order valence-corrected chi connectivity index (χ4v) is 4.79. The summed E-state index contributed by atoms with van der Waals surface area (Å²) in [6, 6.07) is 12.6. The van der Waals surface area contributed by atoms with Gasteiger partial charge in [-0.15, -0.1) is 0 Å². The minimum atomic E-state index is -3.66. The third-order valence-corrected chi connectivity index (χ3v) is 6.75. The van der Waals surface area contributed by atoms with Gasteiger partial charge in [0.1, 0.15) is 5.82 Å². The van der Waals surface area contributed by atoms with Crippen LogP contribution >= 0.6 is 0 Å². The third kappa shape index (κ3) is 4.01. The predicted molar refractivity (Wildman–Crippen MR) is 115 cm³/mol. The number of nitrogens with one attached hydrogen (secondary N) is 1. The van der Waals surface area contributed by atoms with Gasteiger partial charge in [0, 0.05) is 43.3 Å². The maximum absolute atomic E-state index is 12.7. The SMILES string of the molecule is Cc1cc(S(=O)(=O)NCc2ccc(-n3ccnc3C)cc2)ccc1N1CCCC1=O. The third-order valence-electron chi connectivity index (χ3n) is 5.35. The smallest absolute Gasteiger partial charge is 0.240 e. The van der Waals surface area contributed by atoms with Crippen molar-refractivity contribution in [2.75, 3.05) is 11.4 Å². The average molecular weight is 425 g/mol. The van der Waals surface area contributed by atoms with Gasteiger partial charge in [0.05, 0.1) is 4.90 Å². The number of carbonyl (C=O) groups excluding carboxylic acids is 1. The molecule has 0 atom stereocenters. The van der Waals surface area contributed by atoms with Gasteiger partial charge in [-0.25, -0.2) is 18.1 Å². The van der Waals surface area contributed by atoms with Crippen molar-refractivity contribution >= 4 is 21.6 Å². The summed E-state index contributed by atoms with van der Waals surface area (Å²) < 4.78 is 30.1. The molecular weight excluding hydrogens is 400 g/mol. The Morgan fingerprint density at radius 1 is 1.10 bits per heavy atom. The van der Waals surface area contributed by atoms with Gasteiger partial charge in [0.15, 0.2) is 0 Å². The largest absolute Gasteiger partial charge is 0.312 e. The number of amides is 1. The van der Waals surface area contributed by atoms with Gasteiger partial charge >= 0.3 is 0 Å². The van der Waals surface area contributed by atoms with E-state index in [2.05, 4.69) is 9.71 Å². The number of anilines is 1. The second-order valence-corrected chi connectivity index (χ2v) is 9.20. The monoisotopic (exact) mass is 424 g/mol. The molecule has 0 aliphatic carbocycles. The molecule has 0 spiro atoms. The summed E-state index contributed by atoms with van der Waals surface area (Å²) in [5, 5.41) is 0. The van der Waals surface area contributed by atoms with E-state index >= 15 is 0 Å². The Kier molecular flexibility index (Phi) is 5.44. The molecule has 1 aliphatic rings. The zero-order valence-electron chi connectivity index (χ0n) is 17.0. The quantitative estimate of drug-likeness (QED) is 0.659. The van der Waals surface area contributed by atoms with Crippen LogP contribution in [-0.4, -0.2) is 30.4 Å². The Hall–Kier alpha value is -2.97. The maximum Gasteiger partial charge on any atom is 0.240 e. The van der Waals surface area contributed by atoms with Crippen LogP contribution in [0.5, 0.6) is 0 Å². The number of hydrogen-bond donors (Lipinski definition) is 1. The molecule has 156 valence electrons. The summed E-state index contributed by atoms with van der Waals surface area (Å²) in [7, 11) is -3.66. The summed E-state index contributed by atoms with van der Waals surface area (Å²) in [5.41, 5.74) is 3.38. The van der Waals surface area contributed by atoms with Crippen LogP contribution in [0.25, 0.3) is 5.69 Å². The van der Waals surface area contributed by atoms with E-state index in [1.54, 1.807) is 29.3 Å². The Morgan fingerprint density at radius 3 is 2.47 bits per heavy atom. The standard InChI is InChI=1S/C22H24N4O3S/c1-16-14-20(9-10-21(16)26-12-3-4-22(26)27)30(28,29)24-15-18-5-7-19(8-6-18)25-13-11-23-17(25)2/h5-11,13-14,24H,3-4,12,15H2,1-2H3. The normalized spacial score (nSPS) is 14.5. The van der Waals surface area contributed by atoms with Gasteiger partial charge in [-0.3, -0.25) is 4.79 Å². The van der Waals surface area contributed by atoms with E-state index in [-0.39, 0.29) is 17.3 Å². The molecule has 0 radical (unpaired) electrons. The lowest BCUT2D eigenvalue weighted by Gasteiger charge is -2.19. The van der Waals surface area contributed by atoms with Gasteiger partial charge in [-0.1, -0.05) is 12.1 Å². The van der Waals surface area contributed by atoms with Crippen molar-refractivity contribution < 1.29 is 13.2 Å². The van der Waals surface area contributed by atoms with Crippen molar-refractivity contribution in [1.82, 2.24) is 14.3 Å². The first kappa shape index (κ1) is 20.3. The molecule has 1 fully saturated rings. The van der Waals surface area contributed by atoms with Gasteiger partial charge in [0.25, 0.3) is 0 Å². The summed E-state index contributed by atoms with van der Waals surface area (Å²) in [5.74, 6) is 0.971. The van der Waals surface area contributed by atoms with Crippen molar-refractivity contribution in [1.29, 1.82) is 0 Å². The number of aromatic nitrogens is 2. The highest BCUT2D eigenvalue weighted by atomic mass is 32.2. The van der Waals surface area contributed by atoms with Gasteiger partial charge in [0.2, 0.25) is 15.9 Å². The number of carbonyl (C=O) groups is 1. The van der Waals surface area contributed by atoms with Crippen LogP contribution < -0.4 is 9.62 Å². The molecule has 8 heteroatoms. The highest BCUT2D eigenvalue weighted by Gasteiger charge is 2.24. The summed E-state index contributed by atoms with van der Waals surface area (Å²) in [4.78, 5) is 18.1. The fraction of sp³-hybridized carbons (Fsp3) is 0.273. The van der Waals surface area contributed by atoms with Crippen molar-refractivity contribution in [2.45, 2.75) is 38.1 Å². The molecule has 30 heavy (non-hydrogen) atoms. The highest BCUT2D eigenvalue weighted by molar-refractivity contribution is 7.89. The van der Waals surface area contributed by atoms with Gasteiger partial charge < -0.3 is 9.47 Å². The summed E-state index contributed by atoms with van der Waals surface area (Å²) in [6.45, 7) is 4.63. The van der Waals surface area contributed by atoms with E-state index in [1.165, 1.54) is 0 Å². The Labute approximate surface area is 176 Å². The van der Waals surface area contributed by atoms with Crippen molar-refractivity contribution in [3.05, 3.63) is 71.8 Å². The van der Waals surface area contributed by atoms with Crippen LogP contribution in [0.1, 0.15) is 29.8 Å². The molecule has 4 rings (SSSR count). The van der Waals surface area contributed by atoms with E-state index in [0.717, 1.165) is 34.7 Å². The van der Waals surface area contributed by atoms with Crippen LogP contribution in [0.3, 0.4) is 0 Å². The molecule has 1 aliphatic heterocycles. The fourth-order valence-electron chi connectivity index (χ4n) is 3.69. The molecule has 7 nitrogen and oxygen atoms in total. The summed E-state index contributed by atoms with van der Waals surface area (Å²) in [6.07, 6.45) is 5.00. The molecule has 0 bridgehead atoms. The lowest BCUT2D eigenvalue weighted by atomic mass is 10.2. The topological polar surface area (TPSA) is 84.3 Å². The number of rotatable bonds is 6. The predicted octanol–water partition coefficient (Wildman–Crippen LogP) is 3.09. The number of aryl methyl sites for hydroxylation is 2. The molecule has 3 aromatic rings. The van der Waals surface area contributed by atoms with Crippen molar-refractivity contribution in [2.24, 2.45) is 0 Å². The minimum absolute atomic E-state index is 0.0844. The van der Waals surface area contributed by atoms with Crippen LogP contribution in [0, 0.1) is 13.8 Å². The first-order valence-electron chi connectivity index (χ1n) is 9.85. The zero-order valence-corrected chi connectivity index (χ0v) is 17.8. The zero-order chi connectivity index (χ0) is 21.3. The number of sulfonamides is 1. The average Bonchev–Trinajstić information content (AvgIpc) is 3.35. The summed E-state index contributed by atoms with van der Waals surface area (Å²) >= 11 is 0. The molecule has 2 aromatic carbocycles. The Balaban J connectivity index is 1.46. The van der Waals surface area contributed by atoms with Crippen molar-refractivity contribution in [3.63, 3.8) is 0 Å². The lowest BCUT2D eigenvalue weighted by Crippen LogP contribution is -2.26. The number of hydrogen-bond acceptors (Lipinski definition) is 4. The van der Waals surface area contributed by atoms with E-state index in [0.29, 0.717) is 13.0 Å². The molecular formula is C22H24N4O3S. The molecule has 1 aromatic heterocycles. The number of nitrogens with zero attached hydrogens (tertiary/aromatic N) is 3. The highest BCUT2D eigenvalue weighted by Crippen LogP contribution is 2.27. The Bertz CT molecular complexity index is 1180. The van der Waals surface area contributed by atoms with Crippen molar-refractivity contribution in [3.8, 4) is 5.69 Å². The molecule has 2 heterocycles. The molecule has 0 unspecified atom stereocenters. The van der Waals surface area contributed by atoms with E-state index in [4.69, 9.17) is 0 Å². The number of imidazole rings is 1. The molecule has 1 N–H and O–H groups in total. The maximum atomic E-state index is 12.7. The van der Waals surface area contributed by atoms with E-state index in [1.807, 2.05) is 48.9 Å². The van der Waals surface area contributed by atoms with Crippen LogP contribution in [0.15, 0.2) is 59.8 Å². The minimum Gasteiger partial charge on any atom is -0.312 e. The van der Waals surface area contributed by atoms with Gasteiger partial charge in [-0.2, -0.15) is 0 Å². The second kappa shape index (κ2) is 8.04. The lowest BCUT2D eigenvalue weighted by molar-refractivity contribution is -0.117. The molecule has 1 saturated heterocycles. The Morgan fingerprint density at radius 2 is 1.87 bits per heavy atom. The number of benzene rings is 2. The molecule has 0 saturated carbocycles. The second-order valence-electron chi connectivity index (χ2n) is 7.43. The van der Waals surface area contributed by atoms with Crippen LogP contribution in [0.2, 0.25) is 0 Å². The van der Waals surface area contributed by atoms with E-state index < -0.39 is 10.0 Å². The van der Waals surface area contributed by atoms with Crippen LogP contribution in [0.4, 0.5) is 5.69 Å². The molecule has 1 amide bonds. The van der Waals surface area contributed by atoms with Crippen LogP contribution in [-0.2, 0) is 21.4 Å². The first-order valence-corrected chi connectivity index (χ1v) is 11.3. The first-order chi connectivity index (χ1) is 14.3. The van der Waals surface area contributed by atoms with E-state index in [9.17, 15) is 13.2 Å². The van der Waals surface area contributed by atoms with Gasteiger partial charge in [-0.05, 0) is 61.7 Å².